The second-order valence-corrected chi connectivity index (χ2v) is 9.71. The number of anilines is 1. The molecule has 0 saturated heterocycles. The van der Waals surface area contributed by atoms with E-state index in [1.54, 1.807) is 54.6 Å². The fourth-order valence-electron chi connectivity index (χ4n) is 4.33. The van der Waals surface area contributed by atoms with Crippen LogP contribution in [0.5, 0.6) is 0 Å². The number of methoxy groups -OCH3 is 1. The molecule has 3 N–H and O–H groups in total. The minimum Gasteiger partial charge on any atom is -0.453 e. The molecule has 13 heteroatoms. The topological polar surface area (TPSA) is 157 Å². The Hall–Kier alpha value is -5.62. The van der Waals surface area contributed by atoms with Crippen molar-refractivity contribution in [2.75, 3.05) is 12.4 Å². The van der Waals surface area contributed by atoms with Gasteiger partial charge in [-0.2, -0.15) is 9.78 Å². The largest absolute Gasteiger partial charge is 0.453 e. The minimum absolute atomic E-state index is 0.324. The van der Waals surface area contributed by atoms with Gasteiger partial charge in [-0.25, -0.2) is 9.89 Å². The van der Waals surface area contributed by atoms with Gasteiger partial charge in [0.2, 0.25) is 5.91 Å². The molecule has 0 aliphatic carbocycles. The van der Waals surface area contributed by atoms with E-state index in [2.05, 4.69) is 41.1 Å². The number of hydrogen-bond acceptors (Lipinski definition) is 8. The summed E-state index contributed by atoms with van der Waals surface area (Å²) in [4.78, 5) is 37.8. The van der Waals surface area contributed by atoms with Crippen LogP contribution in [0.15, 0.2) is 96.1 Å². The molecular formula is C30H25ClN8O4. The van der Waals surface area contributed by atoms with Crippen LogP contribution in [-0.2, 0) is 16.0 Å². The first-order valence-corrected chi connectivity index (χ1v) is 13.4. The van der Waals surface area contributed by atoms with Crippen molar-refractivity contribution in [2.45, 2.75) is 12.5 Å². The van der Waals surface area contributed by atoms with Crippen molar-refractivity contribution in [1.82, 2.24) is 35.7 Å². The normalized spacial score (nSPS) is 11.7. The van der Waals surface area contributed by atoms with Crippen molar-refractivity contribution in [3.05, 3.63) is 123 Å². The van der Waals surface area contributed by atoms with E-state index in [0.717, 1.165) is 5.56 Å². The van der Waals surface area contributed by atoms with Gasteiger partial charge in [0, 0.05) is 33.5 Å². The number of nitrogens with one attached hydrogen (secondary N) is 3. The summed E-state index contributed by atoms with van der Waals surface area (Å²) < 4.78 is 6.08. The van der Waals surface area contributed by atoms with Gasteiger partial charge in [0.05, 0.1) is 24.5 Å². The van der Waals surface area contributed by atoms with Gasteiger partial charge < -0.3 is 10.1 Å². The number of amides is 2. The van der Waals surface area contributed by atoms with Crippen LogP contribution in [0.2, 0.25) is 5.02 Å². The molecule has 0 radical (unpaired) electrons. The molecule has 0 aliphatic heterocycles. The van der Waals surface area contributed by atoms with Gasteiger partial charge in [0.15, 0.2) is 0 Å². The molecular weight excluding hydrogens is 572 g/mol. The van der Waals surface area contributed by atoms with Crippen molar-refractivity contribution in [2.24, 2.45) is 0 Å². The highest BCUT2D eigenvalue weighted by Crippen LogP contribution is 2.24. The molecule has 0 aliphatic rings. The highest BCUT2D eigenvalue weighted by molar-refractivity contribution is 6.30. The summed E-state index contributed by atoms with van der Waals surface area (Å²) >= 11 is 6.20. The molecule has 2 aromatic heterocycles. The Morgan fingerprint density at radius 3 is 2.58 bits per heavy atom. The van der Waals surface area contributed by atoms with Gasteiger partial charge in [-0.3, -0.25) is 14.9 Å². The minimum atomic E-state index is -0.691. The second-order valence-electron chi connectivity index (χ2n) is 9.27. The van der Waals surface area contributed by atoms with Crippen molar-refractivity contribution < 1.29 is 14.3 Å². The van der Waals surface area contributed by atoms with Crippen molar-refractivity contribution in [3.63, 3.8) is 0 Å². The SMILES string of the molecule is COC(=O)Nc1ccc(-c2cc(C(Cc3ccccc3)NC(=O)/C=C/c3cc(Cl)ccc3-n3cnnn3)c(=O)[nH]n2)cc1. The highest BCUT2D eigenvalue weighted by Gasteiger charge is 2.20. The Balaban J connectivity index is 1.43. The first kappa shape index (κ1) is 28.9. The Labute approximate surface area is 250 Å². The Bertz CT molecular complexity index is 1810. The first-order chi connectivity index (χ1) is 20.9. The lowest BCUT2D eigenvalue weighted by atomic mass is 9.98. The molecule has 1 atom stereocenters. The zero-order valence-corrected chi connectivity index (χ0v) is 23.5. The summed E-state index contributed by atoms with van der Waals surface area (Å²) in [5.41, 5.74) is 3.75. The monoisotopic (exact) mass is 596 g/mol. The predicted octanol–water partition coefficient (Wildman–Crippen LogP) is 4.36. The fourth-order valence-corrected chi connectivity index (χ4v) is 4.51. The lowest BCUT2D eigenvalue weighted by Crippen LogP contribution is -2.33. The molecule has 0 spiro atoms. The van der Waals surface area contributed by atoms with Gasteiger partial charge >= 0.3 is 6.09 Å². The van der Waals surface area contributed by atoms with Gasteiger partial charge in [0.1, 0.15) is 6.33 Å². The van der Waals surface area contributed by atoms with E-state index in [1.807, 2.05) is 30.3 Å². The number of halogens is 1. The summed E-state index contributed by atoms with van der Waals surface area (Å²) in [7, 11) is 1.28. The van der Waals surface area contributed by atoms with E-state index < -0.39 is 23.6 Å². The molecule has 0 fully saturated rings. The van der Waals surface area contributed by atoms with E-state index in [0.29, 0.717) is 45.2 Å². The Kier molecular flexibility index (Phi) is 8.98. The van der Waals surface area contributed by atoms with Crippen LogP contribution in [0, 0.1) is 0 Å². The van der Waals surface area contributed by atoms with Crippen LogP contribution >= 0.6 is 11.6 Å². The maximum Gasteiger partial charge on any atom is 0.411 e. The summed E-state index contributed by atoms with van der Waals surface area (Å²) in [6, 6.07) is 22.5. The third-order valence-electron chi connectivity index (χ3n) is 6.42. The van der Waals surface area contributed by atoms with Crippen molar-refractivity contribution in [3.8, 4) is 16.9 Å². The summed E-state index contributed by atoms with van der Waals surface area (Å²) in [6.45, 7) is 0. The van der Waals surface area contributed by atoms with Crippen molar-refractivity contribution >= 4 is 35.4 Å². The van der Waals surface area contributed by atoms with Crippen LogP contribution in [0.4, 0.5) is 10.5 Å². The van der Waals surface area contributed by atoms with Crippen LogP contribution in [0.25, 0.3) is 23.0 Å². The number of nitrogens with zero attached hydrogens (tertiary/aromatic N) is 5. The van der Waals surface area contributed by atoms with Crippen LogP contribution in [-0.4, -0.2) is 49.5 Å². The third kappa shape index (κ3) is 7.37. The number of carbonyl (C=O) groups excluding carboxylic acids is 2. The third-order valence-corrected chi connectivity index (χ3v) is 6.65. The van der Waals surface area contributed by atoms with Gasteiger partial charge in [-0.05, 0) is 64.9 Å². The van der Waals surface area contributed by atoms with E-state index in [4.69, 9.17) is 11.6 Å². The van der Waals surface area contributed by atoms with E-state index >= 15 is 0 Å². The average Bonchev–Trinajstić information content (AvgIpc) is 3.56. The van der Waals surface area contributed by atoms with Crippen LogP contribution in [0.3, 0.4) is 0 Å². The first-order valence-electron chi connectivity index (χ1n) is 13.0. The lowest BCUT2D eigenvalue weighted by molar-refractivity contribution is -0.117. The quantitative estimate of drug-likeness (QED) is 0.212. The van der Waals surface area contributed by atoms with Crippen LogP contribution in [0.1, 0.15) is 22.7 Å². The number of H-pyrrole nitrogens is 1. The Morgan fingerprint density at radius 1 is 1.07 bits per heavy atom. The number of carbonyl (C=O) groups is 2. The van der Waals surface area contributed by atoms with Gasteiger partial charge in [-0.15, -0.1) is 5.10 Å². The van der Waals surface area contributed by atoms with Gasteiger partial charge in [-0.1, -0.05) is 54.1 Å². The molecule has 2 heterocycles. The summed E-state index contributed by atoms with van der Waals surface area (Å²) in [6.07, 6.45) is 4.16. The molecule has 43 heavy (non-hydrogen) atoms. The number of tetrazole rings is 1. The molecule has 5 rings (SSSR count). The number of hydrogen-bond donors (Lipinski definition) is 3. The maximum atomic E-state index is 13.2. The molecule has 216 valence electrons. The fraction of sp³-hybridized carbons (Fsp3) is 0.100. The number of aromatic nitrogens is 6. The number of rotatable bonds is 9. The number of ether oxygens (including phenoxy) is 1. The highest BCUT2D eigenvalue weighted by atomic mass is 35.5. The second kappa shape index (κ2) is 13.4. The molecule has 5 aromatic rings. The van der Waals surface area contributed by atoms with Crippen molar-refractivity contribution in [1.29, 1.82) is 0 Å². The maximum absolute atomic E-state index is 13.2. The smallest absolute Gasteiger partial charge is 0.411 e. The van der Waals surface area contributed by atoms with E-state index in [9.17, 15) is 14.4 Å². The molecule has 2 amide bonds. The Morgan fingerprint density at radius 2 is 1.86 bits per heavy atom. The van der Waals surface area contributed by atoms with Crippen LogP contribution < -0.4 is 16.2 Å². The average molecular weight is 597 g/mol. The van der Waals surface area contributed by atoms with E-state index in [-0.39, 0.29) is 0 Å². The predicted molar refractivity (Wildman–Crippen MR) is 161 cm³/mol. The summed E-state index contributed by atoms with van der Waals surface area (Å²) in [5.74, 6) is -0.431. The molecule has 12 nitrogen and oxygen atoms in total. The van der Waals surface area contributed by atoms with Gasteiger partial charge in [0.25, 0.3) is 5.56 Å². The number of benzene rings is 3. The lowest BCUT2D eigenvalue weighted by Gasteiger charge is -2.18. The zero-order chi connectivity index (χ0) is 30.2. The molecule has 0 saturated carbocycles. The number of aromatic amines is 1. The molecule has 0 bridgehead atoms. The van der Waals surface area contributed by atoms with E-state index in [1.165, 1.54) is 24.2 Å². The zero-order valence-electron chi connectivity index (χ0n) is 22.8. The molecule has 1 unspecified atom stereocenters. The standard InChI is InChI=1S/C30H25ClN8O4/c1-43-30(42)33-23-11-7-20(8-12-23)25-17-24(29(41)36-35-25)26(15-19-5-3-2-4-6-19)34-28(40)14-9-21-16-22(31)10-13-27(21)39-18-32-37-38-39/h2-14,16-18,26H,15H2,1H3,(H,33,42)(H,34,40)(H,36,41)/b14-9+. The summed E-state index contributed by atoms with van der Waals surface area (Å²) in [5, 5.41) is 24.0. The molecule has 3 aromatic carbocycles.